The van der Waals surface area contributed by atoms with Gasteiger partial charge in [-0.25, -0.2) is 9.78 Å². The lowest BCUT2D eigenvalue weighted by atomic mass is 9.98. The SMILES string of the molecule is CCC(C)C(N)C(=O)N1CCCC1C(=O)NC(Cc1cnc[nH]1)C(=O)NC(CS)C(=O)O. The number of nitrogens with two attached hydrogens (primary N) is 1. The Kier molecular flexibility index (Phi) is 9.51. The fourth-order valence-corrected chi connectivity index (χ4v) is 3.79. The zero-order chi connectivity index (χ0) is 23.8. The van der Waals surface area contributed by atoms with Crippen LogP contribution in [0.25, 0.3) is 0 Å². The third kappa shape index (κ3) is 6.45. The number of amides is 3. The zero-order valence-corrected chi connectivity index (χ0v) is 19.2. The highest BCUT2D eigenvalue weighted by molar-refractivity contribution is 7.80. The molecule has 3 amide bonds. The summed E-state index contributed by atoms with van der Waals surface area (Å²) in [6.07, 6.45) is 4.86. The zero-order valence-electron chi connectivity index (χ0n) is 18.3. The minimum Gasteiger partial charge on any atom is -0.480 e. The number of imidazole rings is 1. The van der Waals surface area contributed by atoms with Gasteiger partial charge in [0, 0.05) is 30.6 Å². The Bertz CT molecular complexity index is 804. The molecule has 32 heavy (non-hydrogen) atoms. The quantitative estimate of drug-likeness (QED) is 0.233. The minimum atomic E-state index is -1.23. The molecule has 1 aromatic rings. The van der Waals surface area contributed by atoms with Gasteiger partial charge in [-0.15, -0.1) is 0 Å². The van der Waals surface area contributed by atoms with Gasteiger partial charge in [-0.05, 0) is 18.8 Å². The summed E-state index contributed by atoms with van der Waals surface area (Å²) in [5, 5.41) is 14.3. The molecule has 5 atom stereocenters. The van der Waals surface area contributed by atoms with Crippen molar-refractivity contribution in [2.75, 3.05) is 12.3 Å². The number of thiol groups is 1. The van der Waals surface area contributed by atoms with E-state index in [-0.39, 0.29) is 24.0 Å². The standard InChI is InChI=1S/C20H32N6O5S/c1-3-11(2)16(21)19(29)26-6-4-5-15(26)18(28)24-13(7-12-8-22-10-23-12)17(27)25-14(9-32)20(30)31/h8,10-11,13-16,32H,3-7,9,21H2,1-2H3,(H,22,23)(H,24,28)(H,25,27)(H,30,31). The molecule has 2 rings (SSSR count). The molecule has 1 aliphatic heterocycles. The number of nitrogens with zero attached hydrogens (tertiary/aromatic N) is 2. The molecule has 2 heterocycles. The number of carboxylic acids is 1. The van der Waals surface area contributed by atoms with Crippen molar-refractivity contribution >= 4 is 36.3 Å². The average molecular weight is 469 g/mol. The van der Waals surface area contributed by atoms with Crippen LogP contribution in [0.15, 0.2) is 12.5 Å². The molecule has 1 saturated heterocycles. The van der Waals surface area contributed by atoms with Gasteiger partial charge in [-0.1, -0.05) is 20.3 Å². The second kappa shape index (κ2) is 11.9. The number of aromatic amines is 1. The molecular formula is C20H32N6O5S. The van der Waals surface area contributed by atoms with E-state index in [9.17, 15) is 24.3 Å². The van der Waals surface area contributed by atoms with E-state index in [0.717, 1.165) is 6.42 Å². The summed E-state index contributed by atoms with van der Waals surface area (Å²) in [6.45, 7) is 4.25. The molecule has 12 heteroatoms. The molecule has 1 aromatic heterocycles. The van der Waals surface area contributed by atoms with Crippen LogP contribution in [0.5, 0.6) is 0 Å². The van der Waals surface area contributed by atoms with Crippen molar-refractivity contribution in [3.05, 3.63) is 18.2 Å². The number of carbonyl (C=O) groups is 4. The van der Waals surface area contributed by atoms with E-state index >= 15 is 0 Å². The molecular weight excluding hydrogens is 436 g/mol. The summed E-state index contributed by atoms with van der Waals surface area (Å²) >= 11 is 3.95. The van der Waals surface area contributed by atoms with Crippen molar-refractivity contribution in [3.8, 4) is 0 Å². The van der Waals surface area contributed by atoms with Crippen LogP contribution in [-0.2, 0) is 25.6 Å². The van der Waals surface area contributed by atoms with Crippen LogP contribution in [0, 0.1) is 5.92 Å². The number of rotatable bonds is 11. The number of carbonyl (C=O) groups excluding carboxylic acids is 3. The first-order chi connectivity index (χ1) is 15.2. The Morgan fingerprint density at radius 1 is 1.34 bits per heavy atom. The Balaban J connectivity index is 2.14. The largest absolute Gasteiger partial charge is 0.480 e. The van der Waals surface area contributed by atoms with Crippen LogP contribution in [0.4, 0.5) is 0 Å². The summed E-state index contributed by atoms with van der Waals surface area (Å²) in [7, 11) is 0. The van der Waals surface area contributed by atoms with E-state index < -0.39 is 42.0 Å². The molecule has 0 bridgehead atoms. The van der Waals surface area contributed by atoms with Crippen LogP contribution in [0.3, 0.4) is 0 Å². The lowest BCUT2D eigenvalue weighted by Crippen LogP contribution is -2.57. The minimum absolute atomic E-state index is 0.0279. The average Bonchev–Trinajstić information content (AvgIpc) is 3.46. The third-order valence-corrected chi connectivity index (χ3v) is 6.15. The van der Waals surface area contributed by atoms with Crippen LogP contribution < -0.4 is 16.4 Å². The van der Waals surface area contributed by atoms with Crippen molar-refractivity contribution in [3.63, 3.8) is 0 Å². The highest BCUT2D eigenvalue weighted by atomic mass is 32.1. The fourth-order valence-electron chi connectivity index (χ4n) is 3.54. The normalized spacial score (nSPS) is 19.6. The molecule has 0 aromatic carbocycles. The molecule has 178 valence electrons. The van der Waals surface area contributed by atoms with E-state index in [1.165, 1.54) is 17.4 Å². The number of likely N-dealkylation sites (tertiary alicyclic amines) is 1. The van der Waals surface area contributed by atoms with Crippen molar-refractivity contribution in [2.24, 2.45) is 11.7 Å². The number of H-pyrrole nitrogens is 1. The number of carboxylic acid groups (broad SMARTS) is 1. The van der Waals surface area contributed by atoms with Gasteiger partial charge in [-0.2, -0.15) is 12.6 Å². The second-order valence-corrected chi connectivity index (χ2v) is 8.39. The van der Waals surface area contributed by atoms with Gasteiger partial charge in [0.1, 0.15) is 18.1 Å². The molecule has 1 fully saturated rings. The van der Waals surface area contributed by atoms with Crippen LogP contribution >= 0.6 is 12.6 Å². The summed E-state index contributed by atoms with van der Waals surface area (Å²) in [6, 6.07) is -3.71. The molecule has 0 spiro atoms. The Labute approximate surface area is 192 Å². The summed E-state index contributed by atoms with van der Waals surface area (Å²) in [5.41, 5.74) is 6.68. The van der Waals surface area contributed by atoms with Gasteiger partial charge in [0.2, 0.25) is 17.7 Å². The predicted octanol–water partition coefficient (Wildman–Crippen LogP) is -0.699. The maximum Gasteiger partial charge on any atom is 0.327 e. The Morgan fingerprint density at radius 3 is 2.62 bits per heavy atom. The van der Waals surface area contributed by atoms with Crippen LogP contribution in [0.2, 0.25) is 0 Å². The van der Waals surface area contributed by atoms with Gasteiger partial charge in [-0.3, -0.25) is 14.4 Å². The lowest BCUT2D eigenvalue weighted by Gasteiger charge is -2.30. The fraction of sp³-hybridized carbons (Fsp3) is 0.650. The van der Waals surface area contributed by atoms with Crippen molar-refractivity contribution in [2.45, 2.75) is 63.7 Å². The number of hydrogen-bond donors (Lipinski definition) is 6. The number of aromatic nitrogens is 2. The van der Waals surface area contributed by atoms with Gasteiger partial charge in [0.05, 0.1) is 12.4 Å². The maximum absolute atomic E-state index is 13.1. The summed E-state index contributed by atoms with van der Waals surface area (Å²) in [5.74, 6) is -2.80. The second-order valence-electron chi connectivity index (χ2n) is 8.03. The smallest absolute Gasteiger partial charge is 0.327 e. The predicted molar refractivity (Wildman–Crippen MR) is 120 cm³/mol. The molecule has 5 unspecified atom stereocenters. The molecule has 0 radical (unpaired) electrons. The van der Waals surface area contributed by atoms with Gasteiger partial charge in [0.15, 0.2) is 0 Å². The Morgan fingerprint density at radius 2 is 2.06 bits per heavy atom. The first-order valence-corrected chi connectivity index (χ1v) is 11.3. The van der Waals surface area contributed by atoms with E-state index in [0.29, 0.717) is 25.1 Å². The molecule has 6 N–H and O–H groups in total. The van der Waals surface area contributed by atoms with Crippen molar-refractivity contribution in [1.82, 2.24) is 25.5 Å². The topological polar surface area (TPSA) is 171 Å². The first-order valence-electron chi connectivity index (χ1n) is 10.7. The summed E-state index contributed by atoms with van der Waals surface area (Å²) < 4.78 is 0. The molecule has 1 aliphatic rings. The van der Waals surface area contributed by atoms with Crippen molar-refractivity contribution in [1.29, 1.82) is 0 Å². The molecule has 0 aliphatic carbocycles. The van der Waals surface area contributed by atoms with Gasteiger partial charge >= 0.3 is 5.97 Å². The lowest BCUT2D eigenvalue weighted by molar-refractivity contribution is -0.142. The highest BCUT2D eigenvalue weighted by Crippen LogP contribution is 2.21. The van der Waals surface area contributed by atoms with Gasteiger partial charge in [0.25, 0.3) is 0 Å². The number of aliphatic carboxylic acids is 1. The van der Waals surface area contributed by atoms with E-state index in [4.69, 9.17) is 5.73 Å². The van der Waals surface area contributed by atoms with Gasteiger partial charge < -0.3 is 31.4 Å². The van der Waals surface area contributed by atoms with E-state index in [1.54, 1.807) is 0 Å². The van der Waals surface area contributed by atoms with E-state index in [2.05, 4.69) is 33.2 Å². The first kappa shape index (κ1) is 25.7. The number of nitrogens with one attached hydrogen (secondary N) is 3. The third-order valence-electron chi connectivity index (χ3n) is 5.79. The molecule has 11 nitrogen and oxygen atoms in total. The number of hydrogen-bond acceptors (Lipinski definition) is 7. The molecule has 0 saturated carbocycles. The van der Waals surface area contributed by atoms with Crippen LogP contribution in [-0.4, -0.2) is 80.1 Å². The summed E-state index contributed by atoms with van der Waals surface area (Å²) in [4.78, 5) is 58.2. The highest BCUT2D eigenvalue weighted by Gasteiger charge is 2.38. The monoisotopic (exact) mass is 468 g/mol. The van der Waals surface area contributed by atoms with Crippen LogP contribution in [0.1, 0.15) is 38.8 Å². The Hall–Kier alpha value is -2.60. The van der Waals surface area contributed by atoms with E-state index in [1.807, 2.05) is 13.8 Å². The van der Waals surface area contributed by atoms with Crippen molar-refractivity contribution < 1.29 is 24.3 Å². The maximum atomic E-state index is 13.1.